The third-order valence-electron chi connectivity index (χ3n) is 6.74. The second-order valence-electron chi connectivity index (χ2n) is 9.31. The molecule has 2 saturated heterocycles. The number of carbonyl (C=O) groups is 1. The van der Waals surface area contributed by atoms with Crippen LogP contribution in [0.15, 0.2) is 36.5 Å². The number of likely N-dealkylation sites (N-methyl/N-ethyl adjacent to an activating group) is 1. The molecule has 1 amide bonds. The summed E-state index contributed by atoms with van der Waals surface area (Å²) in [6.45, 7) is 1.97. The zero-order valence-corrected chi connectivity index (χ0v) is 21.4. The van der Waals surface area contributed by atoms with Crippen molar-refractivity contribution in [2.75, 3.05) is 39.2 Å². The van der Waals surface area contributed by atoms with Gasteiger partial charge in [0, 0.05) is 49.9 Å². The van der Waals surface area contributed by atoms with E-state index >= 15 is 0 Å². The minimum Gasteiger partial charge on any atom is -0.493 e. The van der Waals surface area contributed by atoms with E-state index < -0.39 is 5.82 Å². The Balaban J connectivity index is 1.29. The van der Waals surface area contributed by atoms with Crippen molar-refractivity contribution in [1.82, 2.24) is 20.2 Å². The van der Waals surface area contributed by atoms with Gasteiger partial charge in [-0.2, -0.15) is 0 Å². The molecule has 0 saturated carbocycles. The highest BCUT2D eigenvalue weighted by Crippen LogP contribution is 2.35. The van der Waals surface area contributed by atoms with Gasteiger partial charge in [0.1, 0.15) is 6.10 Å². The zero-order valence-electron chi connectivity index (χ0n) is 20.7. The summed E-state index contributed by atoms with van der Waals surface area (Å²) in [6, 6.07) is 8.13. The topological polar surface area (TPSA) is 97.8 Å². The van der Waals surface area contributed by atoms with E-state index in [4.69, 9.17) is 25.8 Å². The smallest absolute Gasteiger partial charge is 0.237 e. The van der Waals surface area contributed by atoms with Crippen molar-refractivity contribution < 1.29 is 23.4 Å². The van der Waals surface area contributed by atoms with Gasteiger partial charge in [0.05, 0.1) is 29.4 Å². The molecule has 0 aliphatic carbocycles. The van der Waals surface area contributed by atoms with Gasteiger partial charge in [0.15, 0.2) is 17.3 Å². The van der Waals surface area contributed by atoms with Gasteiger partial charge >= 0.3 is 0 Å². The lowest BCUT2D eigenvalue weighted by Gasteiger charge is -2.26. The number of halogens is 2. The molecule has 0 radical (unpaired) electrons. The number of likely N-dealkylation sites (tertiary alicyclic amines) is 1. The summed E-state index contributed by atoms with van der Waals surface area (Å²) < 4.78 is 31.5. The number of fused-ring (bicyclic) bond motifs is 1. The Labute approximate surface area is 219 Å². The minimum atomic E-state index is -0.574. The number of aromatic nitrogens is 2. The minimum absolute atomic E-state index is 0.00936. The third-order valence-corrected chi connectivity index (χ3v) is 7.03. The summed E-state index contributed by atoms with van der Waals surface area (Å²) in [7, 11) is 3.49. The van der Waals surface area contributed by atoms with Crippen molar-refractivity contribution >= 4 is 40.0 Å². The molecule has 3 heterocycles. The molecular formula is C26H29ClFN5O4. The van der Waals surface area contributed by atoms with Crippen LogP contribution >= 0.6 is 11.6 Å². The maximum atomic E-state index is 14.3. The quantitative estimate of drug-likeness (QED) is 0.475. The van der Waals surface area contributed by atoms with E-state index in [0.29, 0.717) is 43.2 Å². The number of hydrogen-bond donors (Lipinski definition) is 2. The molecule has 11 heteroatoms. The first-order valence-electron chi connectivity index (χ1n) is 12.2. The Morgan fingerprint density at radius 3 is 2.84 bits per heavy atom. The Bertz CT molecular complexity index is 1290. The van der Waals surface area contributed by atoms with Crippen LogP contribution in [0.2, 0.25) is 5.02 Å². The van der Waals surface area contributed by atoms with Crippen LogP contribution in [-0.4, -0.2) is 72.9 Å². The Hall–Kier alpha value is -3.21. The molecule has 1 aromatic heterocycles. The highest BCUT2D eigenvalue weighted by atomic mass is 35.5. The number of ether oxygens (including phenoxy) is 3. The number of benzene rings is 2. The molecule has 2 aliphatic rings. The van der Waals surface area contributed by atoms with Crippen molar-refractivity contribution in [2.24, 2.45) is 0 Å². The molecule has 2 aliphatic heterocycles. The van der Waals surface area contributed by atoms with Crippen LogP contribution in [0, 0.1) is 5.82 Å². The molecular weight excluding hydrogens is 501 g/mol. The lowest BCUT2D eigenvalue weighted by atomic mass is 10.1. The van der Waals surface area contributed by atoms with Gasteiger partial charge in [-0.25, -0.2) is 14.4 Å². The molecule has 2 atom stereocenters. The molecule has 2 aromatic carbocycles. The molecule has 196 valence electrons. The van der Waals surface area contributed by atoms with Gasteiger partial charge in [0.25, 0.3) is 0 Å². The van der Waals surface area contributed by atoms with Gasteiger partial charge in [0.2, 0.25) is 11.9 Å². The Morgan fingerprint density at radius 2 is 2.05 bits per heavy atom. The normalized spacial score (nSPS) is 20.6. The van der Waals surface area contributed by atoms with Gasteiger partial charge in [-0.15, -0.1) is 0 Å². The summed E-state index contributed by atoms with van der Waals surface area (Å²) in [5.74, 6) is 0.721. The predicted octanol–water partition coefficient (Wildman–Crippen LogP) is 3.92. The van der Waals surface area contributed by atoms with Crippen LogP contribution in [0.25, 0.3) is 10.9 Å². The number of rotatable bonds is 7. The molecule has 3 aromatic rings. The van der Waals surface area contributed by atoms with Crippen LogP contribution < -0.4 is 20.1 Å². The fraction of sp³-hybridized carbons (Fsp3) is 0.423. The number of nitrogens with zero attached hydrogens (tertiary/aromatic N) is 3. The molecule has 37 heavy (non-hydrogen) atoms. The third kappa shape index (κ3) is 5.71. The monoisotopic (exact) mass is 529 g/mol. The van der Waals surface area contributed by atoms with E-state index in [0.717, 1.165) is 18.2 Å². The van der Waals surface area contributed by atoms with E-state index in [1.54, 1.807) is 31.5 Å². The fourth-order valence-electron chi connectivity index (χ4n) is 4.73. The molecule has 0 bridgehead atoms. The molecule has 0 unspecified atom stereocenters. The average molecular weight is 530 g/mol. The number of nitrogens with one attached hydrogen (secondary N) is 2. The lowest BCUT2D eigenvalue weighted by Crippen LogP contribution is -2.47. The summed E-state index contributed by atoms with van der Waals surface area (Å²) >= 11 is 5.87. The molecule has 9 nitrogen and oxygen atoms in total. The second kappa shape index (κ2) is 11.0. The van der Waals surface area contributed by atoms with E-state index in [-0.39, 0.29) is 40.8 Å². The summed E-state index contributed by atoms with van der Waals surface area (Å²) in [4.78, 5) is 23.7. The highest BCUT2D eigenvalue weighted by molar-refractivity contribution is 6.31. The molecule has 5 rings (SSSR count). The van der Waals surface area contributed by atoms with Crippen molar-refractivity contribution in [3.05, 3.63) is 47.4 Å². The SMILES string of the molecule is COc1cc2nc(Nc3cccc(Cl)c3F)ncc2cc1O[C@@H]1C[C@@H](C(=O)NC2CCOCC2)N(C)C1. The highest BCUT2D eigenvalue weighted by Gasteiger charge is 2.37. The summed E-state index contributed by atoms with van der Waals surface area (Å²) in [5, 5.41) is 6.76. The Morgan fingerprint density at radius 1 is 1.24 bits per heavy atom. The largest absolute Gasteiger partial charge is 0.493 e. The van der Waals surface area contributed by atoms with Crippen molar-refractivity contribution in [3.8, 4) is 11.5 Å². The fourth-order valence-corrected chi connectivity index (χ4v) is 4.91. The van der Waals surface area contributed by atoms with E-state index in [1.807, 2.05) is 18.0 Å². The summed E-state index contributed by atoms with van der Waals surface area (Å²) in [5.41, 5.74) is 0.779. The van der Waals surface area contributed by atoms with E-state index in [2.05, 4.69) is 20.6 Å². The van der Waals surface area contributed by atoms with Crippen molar-refractivity contribution in [3.63, 3.8) is 0 Å². The zero-order chi connectivity index (χ0) is 25.9. The number of methoxy groups -OCH3 is 1. The predicted molar refractivity (Wildman–Crippen MR) is 138 cm³/mol. The number of anilines is 2. The first kappa shape index (κ1) is 25.4. The average Bonchev–Trinajstić information content (AvgIpc) is 3.27. The maximum Gasteiger partial charge on any atom is 0.237 e. The lowest BCUT2D eigenvalue weighted by molar-refractivity contribution is -0.126. The van der Waals surface area contributed by atoms with Gasteiger partial charge in [-0.3, -0.25) is 9.69 Å². The van der Waals surface area contributed by atoms with Crippen molar-refractivity contribution in [2.45, 2.75) is 37.5 Å². The molecule has 0 spiro atoms. The number of amides is 1. The first-order valence-corrected chi connectivity index (χ1v) is 12.6. The van der Waals surface area contributed by atoms with Gasteiger partial charge in [-0.05, 0) is 38.1 Å². The van der Waals surface area contributed by atoms with Crippen LogP contribution in [0.1, 0.15) is 19.3 Å². The van der Waals surface area contributed by atoms with Crippen LogP contribution in [0.3, 0.4) is 0 Å². The molecule has 2 N–H and O–H groups in total. The van der Waals surface area contributed by atoms with Crippen molar-refractivity contribution in [1.29, 1.82) is 0 Å². The standard InChI is InChI=1S/C26H29ClFN5O4/c1-33-14-17(11-21(33)25(34)30-16-6-8-36-9-7-16)37-23-10-15-13-29-26(32-20(15)12-22(23)35-2)31-19-5-3-4-18(27)24(19)28/h3-5,10,12-13,16-17,21H,6-9,11,14H2,1-2H3,(H,30,34)(H,29,31,32)/t17-,21+/m1/s1. The Kier molecular flexibility index (Phi) is 7.59. The van der Waals surface area contributed by atoms with Crippen LogP contribution in [-0.2, 0) is 9.53 Å². The van der Waals surface area contributed by atoms with Crippen LogP contribution in [0.4, 0.5) is 16.0 Å². The number of hydrogen-bond acceptors (Lipinski definition) is 8. The molecule has 2 fully saturated rings. The number of carbonyl (C=O) groups excluding carboxylic acids is 1. The van der Waals surface area contributed by atoms with E-state index in [9.17, 15) is 9.18 Å². The van der Waals surface area contributed by atoms with Crippen LogP contribution in [0.5, 0.6) is 11.5 Å². The maximum absolute atomic E-state index is 14.3. The van der Waals surface area contributed by atoms with Gasteiger partial charge < -0.3 is 24.8 Å². The second-order valence-corrected chi connectivity index (χ2v) is 9.72. The summed E-state index contributed by atoms with van der Waals surface area (Å²) in [6.07, 6.45) is 3.68. The van der Waals surface area contributed by atoms with E-state index in [1.165, 1.54) is 6.07 Å². The first-order chi connectivity index (χ1) is 17.9. The van der Waals surface area contributed by atoms with Gasteiger partial charge in [-0.1, -0.05) is 17.7 Å².